The number of aromatic carboxylic acids is 1. The van der Waals surface area contributed by atoms with Crippen molar-refractivity contribution in [3.8, 4) is 11.1 Å². The lowest BCUT2D eigenvalue weighted by molar-refractivity contribution is 0.0694. The Labute approximate surface area is 116 Å². The van der Waals surface area contributed by atoms with E-state index in [9.17, 15) is 14.7 Å². The lowest BCUT2D eigenvalue weighted by atomic mass is 10.0. The van der Waals surface area contributed by atoms with Crippen LogP contribution in [0, 0.1) is 0 Å². The molecule has 0 amide bonds. The number of carboxylic acid groups (broad SMARTS) is 1. The van der Waals surface area contributed by atoms with Gasteiger partial charge in [0.15, 0.2) is 0 Å². The van der Waals surface area contributed by atoms with Crippen molar-refractivity contribution in [3.63, 3.8) is 0 Å². The molecule has 0 aliphatic rings. The molecular weight excluding hydrogens is 256 g/mol. The van der Waals surface area contributed by atoms with Gasteiger partial charge in [0, 0.05) is 12.1 Å². The Bertz CT molecular complexity index is 687. The van der Waals surface area contributed by atoms with Crippen molar-refractivity contribution in [2.24, 2.45) is 0 Å². The number of carbonyl (C=O) groups is 1. The number of rotatable bonds is 4. The van der Waals surface area contributed by atoms with Crippen LogP contribution in [-0.4, -0.2) is 20.9 Å². The quantitative estimate of drug-likeness (QED) is 0.926. The van der Waals surface area contributed by atoms with E-state index in [1.165, 1.54) is 6.20 Å². The average molecular weight is 272 g/mol. The summed E-state index contributed by atoms with van der Waals surface area (Å²) in [7, 11) is 0. The normalized spacial score (nSPS) is 10.5. The number of benzene rings is 1. The molecule has 1 heterocycles. The van der Waals surface area contributed by atoms with Gasteiger partial charge in [0.25, 0.3) is 5.56 Å². The van der Waals surface area contributed by atoms with Gasteiger partial charge >= 0.3 is 5.97 Å². The number of hydrogen-bond donors (Lipinski definition) is 1. The molecule has 20 heavy (non-hydrogen) atoms. The average Bonchev–Trinajstić information content (AvgIpc) is 2.46. The van der Waals surface area contributed by atoms with Gasteiger partial charge in [0.2, 0.25) is 0 Å². The van der Waals surface area contributed by atoms with E-state index in [1.54, 1.807) is 6.92 Å². The van der Waals surface area contributed by atoms with Crippen molar-refractivity contribution >= 4 is 5.97 Å². The van der Waals surface area contributed by atoms with Crippen molar-refractivity contribution < 1.29 is 9.90 Å². The molecule has 0 fully saturated rings. The maximum absolute atomic E-state index is 12.1. The second-order valence-corrected chi connectivity index (χ2v) is 4.41. The molecule has 0 spiro atoms. The van der Waals surface area contributed by atoms with E-state index in [-0.39, 0.29) is 5.56 Å². The van der Waals surface area contributed by atoms with E-state index in [2.05, 4.69) is 5.10 Å². The van der Waals surface area contributed by atoms with Crippen LogP contribution in [0.5, 0.6) is 0 Å². The van der Waals surface area contributed by atoms with Crippen LogP contribution in [0.25, 0.3) is 11.1 Å². The van der Waals surface area contributed by atoms with Gasteiger partial charge in [-0.05, 0) is 24.5 Å². The van der Waals surface area contributed by atoms with Crippen molar-refractivity contribution in [1.82, 2.24) is 9.78 Å². The minimum atomic E-state index is -1.23. The fraction of sp³-hybridized carbons (Fsp3) is 0.267. The molecule has 104 valence electrons. The van der Waals surface area contributed by atoms with E-state index < -0.39 is 11.5 Å². The van der Waals surface area contributed by atoms with Crippen LogP contribution in [0.2, 0.25) is 0 Å². The Morgan fingerprint density at radius 1 is 1.25 bits per heavy atom. The van der Waals surface area contributed by atoms with E-state index in [0.29, 0.717) is 17.7 Å². The first-order valence-corrected chi connectivity index (χ1v) is 6.51. The van der Waals surface area contributed by atoms with Crippen molar-refractivity contribution in [2.75, 3.05) is 0 Å². The smallest absolute Gasteiger partial charge is 0.342 e. The summed E-state index contributed by atoms with van der Waals surface area (Å²) in [5.41, 5.74) is 1.39. The summed E-state index contributed by atoms with van der Waals surface area (Å²) >= 11 is 0. The van der Waals surface area contributed by atoms with E-state index in [0.717, 1.165) is 16.7 Å². The number of hydrogen-bond acceptors (Lipinski definition) is 3. The molecule has 0 atom stereocenters. The van der Waals surface area contributed by atoms with Gasteiger partial charge in [-0.1, -0.05) is 31.2 Å². The molecule has 2 aromatic rings. The third-order valence-corrected chi connectivity index (χ3v) is 3.23. The van der Waals surface area contributed by atoms with Gasteiger partial charge in [-0.2, -0.15) is 5.10 Å². The standard InChI is InChI=1S/C15H16N2O3/c1-3-10-5-7-11(8-6-10)12-9-16-17(4-2)14(18)13(12)15(19)20/h5-9H,3-4H2,1-2H3,(H,19,20). The fourth-order valence-electron chi connectivity index (χ4n) is 2.06. The van der Waals surface area contributed by atoms with Crippen LogP contribution in [0.3, 0.4) is 0 Å². The van der Waals surface area contributed by atoms with Crippen LogP contribution < -0.4 is 5.56 Å². The highest BCUT2D eigenvalue weighted by Crippen LogP contribution is 2.21. The predicted molar refractivity (Wildman–Crippen MR) is 75.9 cm³/mol. The maximum atomic E-state index is 12.1. The Morgan fingerprint density at radius 2 is 1.90 bits per heavy atom. The summed E-state index contributed by atoms with van der Waals surface area (Å²) in [6, 6.07) is 7.48. The lowest BCUT2D eigenvalue weighted by Gasteiger charge is -2.08. The molecule has 0 bridgehead atoms. The first kappa shape index (κ1) is 14.0. The molecule has 0 saturated heterocycles. The third-order valence-electron chi connectivity index (χ3n) is 3.23. The summed E-state index contributed by atoms with van der Waals surface area (Å²) < 4.78 is 1.15. The van der Waals surface area contributed by atoms with Crippen LogP contribution in [0.1, 0.15) is 29.8 Å². The largest absolute Gasteiger partial charge is 0.477 e. The summed E-state index contributed by atoms with van der Waals surface area (Å²) in [4.78, 5) is 23.4. The van der Waals surface area contributed by atoms with E-state index >= 15 is 0 Å². The predicted octanol–water partition coefficient (Wildman–Crippen LogP) is 2.19. The zero-order valence-electron chi connectivity index (χ0n) is 11.5. The number of carboxylic acids is 1. The monoisotopic (exact) mass is 272 g/mol. The highest BCUT2D eigenvalue weighted by Gasteiger charge is 2.18. The number of nitrogens with zero attached hydrogens (tertiary/aromatic N) is 2. The Kier molecular flexibility index (Phi) is 3.98. The molecule has 0 saturated carbocycles. The Hall–Kier alpha value is -2.43. The van der Waals surface area contributed by atoms with Gasteiger partial charge in [0.05, 0.1) is 6.20 Å². The molecule has 1 aromatic carbocycles. The SMILES string of the molecule is CCc1ccc(-c2cnn(CC)c(=O)c2C(=O)O)cc1. The van der Waals surface area contributed by atoms with E-state index in [1.807, 2.05) is 31.2 Å². The first-order chi connectivity index (χ1) is 9.58. The van der Waals surface area contributed by atoms with E-state index in [4.69, 9.17) is 0 Å². The van der Waals surface area contributed by atoms with Gasteiger partial charge in [-0.3, -0.25) is 4.79 Å². The molecule has 5 heteroatoms. The molecule has 0 radical (unpaired) electrons. The molecule has 0 unspecified atom stereocenters. The number of aryl methyl sites for hydroxylation is 2. The lowest BCUT2D eigenvalue weighted by Crippen LogP contribution is -2.28. The second kappa shape index (κ2) is 5.69. The third kappa shape index (κ3) is 2.47. The highest BCUT2D eigenvalue weighted by molar-refractivity contribution is 5.95. The maximum Gasteiger partial charge on any atom is 0.342 e. The molecular formula is C15H16N2O3. The topological polar surface area (TPSA) is 72.2 Å². The molecule has 5 nitrogen and oxygen atoms in total. The van der Waals surface area contributed by atoms with Crippen LogP contribution >= 0.6 is 0 Å². The Morgan fingerprint density at radius 3 is 2.40 bits per heavy atom. The van der Waals surface area contributed by atoms with Crippen molar-refractivity contribution in [2.45, 2.75) is 26.8 Å². The first-order valence-electron chi connectivity index (χ1n) is 6.51. The molecule has 1 N–H and O–H groups in total. The molecule has 1 aromatic heterocycles. The van der Waals surface area contributed by atoms with Gasteiger partial charge < -0.3 is 5.11 Å². The Balaban J connectivity index is 2.64. The van der Waals surface area contributed by atoms with Gasteiger partial charge in [-0.25, -0.2) is 9.48 Å². The zero-order chi connectivity index (χ0) is 14.7. The summed E-state index contributed by atoms with van der Waals surface area (Å²) in [6.07, 6.45) is 2.34. The highest BCUT2D eigenvalue weighted by atomic mass is 16.4. The van der Waals surface area contributed by atoms with Gasteiger partial charge in [0.1, 0.15) is 5.56 Å². The fourth-order valence-corrected chi connectivity index (χ4v) is 2.06. The minimum Gasteiger partial charge on any atom is -0.477 e. The summed E-state index contributed by atoms with van der Waals surface area (Å²) in [6.45, 7) is 4.13. The van der Waals surface area contributed by atoms with Crippen LogP contribution in [0.4, 0.5) is 0 Å². The van der Waals surface area contributed by atoms with Crippen LogP contribution in [-0.2, 0) is 13.0 Å². The summed E-state index contributed by atoms with van der Waals surface area (Å²) in [5, 5.41) is 13.3. The number of aromatic nitrogens is 2. The molecule has 0 aliphatic carbocycles. The van der Waals surface area contributed by atoms with Gasteiger partial charge in [-0.15, -0.1) is 0 Å². The zero-order valence-corrected chi connectivity index (χ0v) is 11.5. The van der Waals surface area contributed by atoms with Crippen LogP contribution in [0.15, 0.2) is 35.3 Å². The summed E-state index contributed by atoms with van der Waals surface area (Å²) in [5.74, 6) is -1.23. The van der Waals surface area contributed by atoms with Crippen molar-refractivity contribution in [1.29, 1.82) is 0 Å². The molecule has 0 aliphatic heterocycles. The second-order valence-electron chi connectivity index (χ2n) is 4.41. The van der Waals surface area contributed by atoms with Crippen molar-refractivity contribution in [3.05, 3.63) is 51.9 Å². The minimum absolute atomic E-state index is 0.230. The molecule has 2 rings (SSSR count).